The third-order valence-electron chi connectivity index (χ3n) is 4.34. The molecule has 1 amide bonds. The molecule has 0 radical (unpaired) electrons. The number of amides is 1. The van der Waals surface area contributed by atoms with E-state index in [2.05, 4.69) is 4.98 Å². The Balaban J connectivity index is 1.66. The number of rotatable bonds is 3. The number of pyridine rings is 1. The summed E-state index contributed by atoms with van der Waals surface area (Å²) in [5.41, 5.74) is -0.706. The monoisotopic (exact) mass is 414 g/mol. The summed E-state index contributed by atoms with van der Waals surface area (Å²) in [4.78, 5) is 29.8. The summed E-state index contributed by atoms with van der Waals surface area (Å²) in [6, 6.07) is 6.13. The van der Waals surface area contributed by atoms with E-state index in [1.807, 2.05) is 0 Å². The summed E-state index contributed by atoms with van der Waals surface area (Å²) in [5.74, 6) is -0.0434. The lowest BCUT2D eigenvalue weighted by Gasteiger charge is -2.35. The Morgan fingerprint density at radius 1 is 1.14 bits per heavy atom. The third-order valence-corrected chi connectivity index (χ3v) is 4.62. The Morgan fingerprint density at radius 2 is 1.75 bits per heavy atom. The Labute approximate surface area is 162 Å². The summed E-state index contributed by atoms with van der Waals surface area (Å²) in [6.45, 7) is 1.32. The van der Waals surface area contributed by atoms with Gasteiger partial charge in [-0.05, 0) is 18.2 Å². The van der Waals surface area contributed by atoms with Crippen LogP contribution in [0.25, 0.3) is 0 Å². The molecule has 0 unspecified atom stereocenters. The van der Waals surface area contributed by atoms with Crippen molar-refractivity contribution in [1.29, 1.82) is 0 Å². The molecule has 148 valence electrons. The van der Waals surface area contributed by atoms with E-state index in [4.69, 9.17) is 11.6 Å². The topological polar surface area (TPSA) is 79.6 Å². The fourth-order valence-electron chi connectivity index (χ4n) is 2.85. The highest BCUT2D eigenvalue weighted by molar-refractivity contribution is 6.33. The fraction of sp³-hybridized carbons (Fsp3) is 0.294. The predicted octanol–water partition coefficient (Wildman–Crippen LogP) is 3.62. The van der Waals surface area contributed by atoms with Gasteiger partial charge in [0, 0.05) is 50.1 Å². The zero-order valence-electron chi connectivity index (χ0n) is 14.3. The molecule has 1 fully saturated rings. The zero-order valence-corrected chi connectivity index (χ0v) is 15.1. The lowest BCUT2D eigenvalue weighted by molar-refractivity contribution is -0.384. The molecular weight excluding hydrogens is 401 g/mol. The molecule has 1 aromatic carbocycles. The average molecular weight is 415 g/mol. The average Bonchev–Trinajstić information content (AvgIpc) is 2.67. The molecule has 1 aliphatic rings. The molecular formula is C17H14ClF3N4O3. The summed E-state index contributed by atoms with van der Waals surface area (Å²) in [7, 11) is 0. The standard InChI is InChI=1S/C17H14ClF3N4O3/c18-14-9-12(17(19,20)21)10-22-15(14)23-5-7-24(8-6-23)16(26)11-1-3-13(4-2-11)25(27)28/h1-4,9-10H,5-8H2. The number of anilines is 1. The lowest BCUT2D eigenvalue weighted by atomic mass is 10.1. The van der Waals surface area contributed by atoms with Crippen LogP contribution >= 0.6 is 11.6 Å². The Bertz CT molecular complexity index is 898. The zero-order chi connectivity index (χ0) is 20.5. The van der Waals surface area contributed by atoms with E-state index in [-0.39, 0.29) is 22.4 Å². The van der Waals surface area contributed by atoms with Crippen LogP contribution in [0.2, 0.25) is 5.02 Å². The Hall–Kier alpha value is -2.88. The molecule has 11 heteroatoms. The van der Waals surface area contributed by atoms with Gasteiger partial charge in [-0.1, -0.05) is 11.6 Å². The van der Waals surface area contributed by atoms with Crippen LogP contribution in [0.5, 0.6) is 0 Å². The number of piperazine rings is 1. The van der Waals surface area contributed by atoms with Gasteiger partial charge in [-0.15, -0.1) is 0 Å². The third kappa shape index (κ3) is 4.16. The van der Waals surface area contributed by atoms with Crippen molar-refractivity contribution in [2.75, 3.05) is 31.1 Å². The second-order valence-corrected chi connectivity index (χ2v) is 6.52. The molecule has 1 saturated heterocycles. The van der Waals surface area contributed by atoms with E-state index >= 15 is 0 Å². The lowest BCUT2D eigenvalue weighted by Crippen LogP contribution is -2.49. The van der Waals surface area contributed by atoms with E-state index in [0.717, 1.165) is 12.3 Å². The normalized spacial score (nSPS) is 14.9. The van der Waals surface area contributed by atoms with Crippen LogP contribution < -0.4 is 4.90 Å². The molecule has 3 rings (SSSR count). The van der Waals surface area contributed by atoms with Crippen LogP contribution in [-0.2, 0) is 6.18 Å². The first-order valence-corrected chi connectivity index (χ1v) is 8.56. The van der Waals surface area contributed by atoms with E-state index in [0.29, 0.717) is 31.7 Å². The van der Waals surface area contributed by atoms with Crippen LogP contribution in [0.4, 0.5) is 24.7 Å². The largest absolute Gasteiger partial charge is 0.417 e. The van der Waals surface area contributed by atoms with Crippen molar-refractivity contribution in [2.24, 2.45) is 0 Å². The van der Waals surface area contributed by atoms with Crippen molar-refractivity contribution >= 4 is 29.0 Å². The highest BCUT2D eigenvalue weighted by Crippen LogP contribution is 2.33. The molecule has 7 nitrogen and oxygen atoms in total. The first-order valence-electron chi connectivity index (χ1n) is 8.18. The molecule has 0 saturated carbocycles. The molecule has 2 aromatic rings. The van der Waals surface area contributed by atoms with Gasteiger partial charge in [-0.2, -0.15) is 13.2 Å². The number of benzene rings is 1. The summed E-state index contributed by atoms with van der Waals surface area (Å²) in [5, 5.41) is 10.6. The van der Waals surface area contributed by atoms with Crippen LogP contribution in [0, 0.1) is 10.1 Å². The highest BCUT2D eigenvalue weighted by atomic mass is 35.5. The SMILES string of the molecule is O=C(c1ccc([N+](=O)[O-])cc1)N1CCN(c2ncc(C(F)(F)F)cc2Cl)CC1. The first-order chi connectivity index (χ1) is 13.2. The number of aromatic nitrogens is 1. The maximum absolute atomic E-state index is 12.7. The van der Waals surface area contributed by atoms with Gasteiger partial charge in [0.25, 0.3) is 11.6 Å². The molecule has 0 spiro atoms. The summed E-state index contributed by atoms with van der Waals surface area (Å²) < 4.78 is 38.2. The van der Waals surface area contributed by atoms with Crippen molar-refractivity contribution in [2.45, 2.75) is 6.18 Å². The van der Waals surface area contributed by atoms with E-state index in [1.165, 1.54) is 24.3 Å². The number of carbonyl (C=O) groups is 1. The molecule has 0 aliphatic carbocycles. The van der Waals surface area contributed by atoms with Crippen molar-refractivity contribution in [1.82, 2.24) is 9.88 Å². The number of halogens is 4. The molecule has 28 heavy (non-hydrogen) atoms. The Kier molecular flexibility index (Phi) is 5.41. The van der Waals surface area contributed by atoms with Gasteiger partial charge in [0.1, 0.15) is 5.82 Å². The molecule has 0 atom stereocenters. The quantitative estimate of drug-likeness (QED) is 0.566. The second kappa shape index (κ2) is 7.63. The molecule has 1 aromatic heterocycles. The van der Waals surface area contributed by atoms with Crippen molar-refractivity contribution in [3.05, 3.63) is 62.8 Å². The van der Waals surface area contributed by atoms with Gasteiger partial charge in [-0.25, -0.2) is 4.98 Å². The highest BCUT2D eigenvalue weighted by Gasteiger charge is 2.32. The fourth-order valence-corrected chi connectivity index (χ4v) is 3.13. The first kappa shape index (κ1) is 19.9. The van der Waals surface area contributed by atoms with E-state index in [9.17, 15) is 28.1 Å². The maximum atomic E-state index is 12.7. The predicted molar refractivity (Wildman–Crippen MR) is 95.5 cm³/mol. The minimum Gasteiger partial charge on any atom is -0.352 e. The van der Waals surface area contributed by atoms with Gasteiger partial charge in [0.05, 0.1) is 15.5 Å². The van der Waals surface area contributed by atoms with Crippen molar-refractivity contribution in [3.8, 4) is 0 Å². The Morgan fingerprint density at radius 3 is 2.25 bits per heavy atom. The molecule has 0 N–H and O–H groups in total. The summed E-state index contributed by atoms with van der Waals surface area (Å²) in [6.07, 6.45) is -3.79. The van der Waals surface area contributed by atoms with Gasteiger partial charge < -0.3 is 9.80 Å². The minimum atomic E-state index is -4.52. The van der Waals surface area contributed by atoms with Crippen LogP contribution in [0.15, 0.2) is 36.5 Å². The van der Waals surface area contributed by atoms with Crippen molar-refractivity contribution < 1.29 is 22.9 Å². The van der Waals surface area contributed by atoms with Crippen molar-refractivity contribution in [3.63, 3.8) is 0 Å². The van der Waals surface area contributed by atoms with Crippen LogP contribution in [0.3, 0.4) is 0 Å². The summed E-state index contributed by atoms with van der Waals surface area (Å²) >= 11 is 5.96. The molecule has 0 bridgehead atoms. The van der Waals surface area contributed by atoms with E-state index in [1.54, 1.807) is 9.80 Å². The number of hydrogen-bond donors (Lipinski definition) is 0. The van der Waals surface area contributed by atoms with Crippen LogP contribution in [-0.4, -0.2) is 46.9 Å². The maximum Gasteiger partial charge on any atom is 0.417 e. The smallest absolute Gasteiger partial charge is 0.352 e. The molecule has 2 heterocycles. The number of hydrogen-bond acceptors (Lipinski definition) is 5. The van der Waals surface area contributed by atoms with Gasteiger partial charge in [-0.3, -0.25) is 14.9 Å². The van der Waals surface area contributed by atoms with Gasteiger partial charge in [0.2, 0.25) is 0 Å². The minimum absolute atomic E-state index is 0.107. The van der Waals surface area contributed by atoms with Gasteiger partial charge >= 0.3 is 6.18 Å². The number of carbonyl (C=O) groups excluding carboxylic acids is 1. The number of nitro benzene ring substituents is 1. The van der Waals surface area contributed by atoms with Gasteiger partial charge in [0.15, 0.2) is 0 Å². The number of nitrogens with zero attached hydrogens (tertiary/aromatic N) is 4. The second-order valence-electron chi connectivity index (χ2n) is 6.11. The number of nitro groups is 1. The molecule has 1 aliphatic heterocycles. The van der Waals surface area contributed by atoms with Crippen LogP contribution in [0.1, 0.15) is 15.9 Å². The number of alkyl halides is 3. The van der Waals surface area contributed by atoms with E-state index < -0.39 is 16.7 Å². The number of non-ortho nitro benzene ring substituents is 1.